The van der Waals surface area contributed by atoms with Crippen LogP contribution in [0.3, 0.4) is 0 Å². The molecule has 1 nitrogen and oxygen atoms in total. The maximum absolute atomic E-state index is 2.60. The molecule has 254 valence electrons. The Kier molecular flexibility index (Phi) is 6.40. The summed E-state index contributed by atoms with van der Waals surface area (Å²) >= 11 is 0. The molecule has 0 aliphatic carbocycles. The van der Waals surface area contributed by atoms with Crippen molar-refractivity contribution in [3.05, 3.63) is 200 Å². The van der Waals surface area contributed by atoms with Crippen molar-refractivity contribution < 1.29 is 0 Å². The average Bonchev–Trinajstić information content (AvgIpc) is 3.60. The highest BCUT2D eigenvalue weighted by molar-refractivity contribution is 6.38. The molecule has 0 atom stereocenters. The highest BCUT2D eigenvalue weighted by Crippen LogP contribution is 2.49. The Hall–Kier alpha value is -7.22. The fraction of sp³-hybridized carbons (Fsp3) is 0. The lowest BCUT2D eigenvalue weighted by atomic mass is 9.88. The van der Waals surface area contributed by atoms with Crippen LogP contribution in [0.15, 0.2) is 200 Å². The van der Waals surface area contributed by atoms with E-state index in [1.165, 1.54) is 114 Å². The molecule has 0 saturated heterocycles. The van der Waals surface area contributed by atoms with Crippen molar-refractivity contribution in [1.29, 1.82) is 0 Å². The molecule has 12 rings (SSSR count). The van der Waals surface area contributed by atoms with E-state index in [1.54, 1.807) is 0 Å². The number of rotatable bonds is 3. The van der Waals surface area contributed by atoms with Gasteiger partial charge in [-0.15, -0.1) is 0 Å². The largest absolute Gasteiger partial charge is 0.307 e. The van der Waals surface area contributed by atoms with E-state index in [4.69, 9.17) is 0 Å². The molecule has 0 radical (unpaired) electrons. The van der Waals surface area contributed by atoms with Crippen molar-refractivity contribution in [2.75, 3.05) is 0 Å². The predicted octanol–water partition coefficient (Wildman–Crippen LogP) is 15.0. The molecular formula is C54H33N. The van der Waals surface area contributed by atoms with Crippen LogP contribution < -0.4 is 0 Å². The summed E-state index contributed by atoms with van der Waals surface area (Å²) < 4.78 is 2.60. The third-order valence-corrected chi connectivity index (χ3v) is 11.9. The Balaban J connectivity index is 1.30. The topological polar surface area (TPSA) is 4.93 Å². The lowest BCUT2D eigenvalue weighted by molar-refractivity contribution is 1.22. The van der Waals surface area contributed by atoms with Crippen molar-refractivity contribution in [1.82, 2.24) is 4.57 Å². The van der Waals surface area contributed by atoms with Crippen molar-refractivity contribution in [3.63, 3.8) is 0 Å². The van der Waals surface area contributed by atoms with Gasteiger partial charge in [-0.1, -0.05) is 182 Å². The van der Waals surface area contributed by atoms with E-state index in [9.17, 15) is 0 Å². The van der Waals surface area contributed by atoms with E-state index in [-0.39, 0.29) is 0 Å². The van der Waals surface area contributed by atoms with Crippen LogP contribution in [0.25, 0.3) is 114 Å². The Morgan fingerprint density at radius 3 is 1.56 bits per heavy atom. The van der Waals surface area contributed by atoms with Crippen molar-refractivity contribution in [2.45, 2.75) is 0 Å². The minimum Gasteiger partial charge on any atom is -0.307 e. The standard InChI is InChI=1S/C54H33N/c1-2-17-35(18-3-1)47-33-48-39-21-7-11-25-43(39)54-52(51(48)40-22-8-6-20-38(40)47)46-28-14-15-29-49(46)55(54)53-44-26-12-9-23-41(44)50(42-24-10-13-27-45(42)53)37-31-30-34-16-4-5-19-36(34)32-37/h1-33H. The summed E-state index contributed by atoms with van der Waals surface area (Å²) in [7, 11) is 0. The van der Waals surface area contributed by atoms with E-state index in [0.29, 0.717) is 0 Å². The molecule has 0 spiro atoms. The molecule has 0 bridgehead atoms. The van der Waals surface area contributed by atoms with Gasteiger partial charge in [0.15, 0.2) is 0 Å². The third-order valence-electron chi connectivity index (χ3n) is 11.9. The van der Waals surface area contributed by atoms with E-state index in [2.05, 4.69) is 205 Å². The molecule has 1 heterocycles. The summed E-state index contributed by atoms with van der Waals surface area (Å²) in [5.41, 5.74) is 8.68. The fourth-order valence-corrected chi connectivity index (χ4v) is 9.62. The van der Waals surface area contributed by atoms with Crippen LogP contribution in [0.5, 0.6) is 0 Å². The van der Waals surface area contributed by atoms with Gasteiger partial charge in [0, 0.05) is 32.3 Å². The van der Waals surface area contributed by atoms with Crippen LogP contribution in [-0.2, 0) is 0 Å². The first-order chi connectivity index (χ1) is 27.3. The number of benzene rings is 11. The molecule has 0 fully saturated rings. The molecule has 12 aromatic rings. The van der Waals surface area contributed by atoms with Crippen LogP contribution in [0, 0.1) is 0 Å². The van der Waals surface area contributed by atoms with Crippen LogP contribution in [0.1, 0.15) is 0 Å². The quantitative estimate of drug-likeness (QED) is 0.128. The lowest BCUT2D eigenvalue weighted by Crippen LogP contribution is -2.00. The second-order valence-corrected chi connectivity index (χ2v) is 14.8. The molecule has 1 aromatic heterocycles. The SMILES string of the molecule is c1ccc(-c2cc3c4ccccc4c4c(c5ccccc5n4-c4c5ccccc5c(-c5ccc6ccccc6c5)c5ccccc45)c3c3ccccc23)cc1. The smallest absolute Gasteiger partial charge is 0.0626 e. The van der Waals surface area contributed by atoms with Crippen LogP contribution in [0.4, 0.5) is 0 Å². The summed E-state index contributed by atoms with van der Waals surface area (Å²) in [6.45, 7) is 0. The minimum absolute atomic E-state index is 1.21. The number of fused-ring (bicyclic) bond motifs is 13. The minimum atomic E-state index is 1.21. The number of para-hydroxylation sites is 1. The average molecular weight is 696 g/mol. The number of hydrogen-bond acceptors (Lipinski definition) is 0. The van der Waals surface area contributed by atoms with Crippen molar-refractivity contribution >= 4 is 86.4 Å². The van der Waals surface area contributed by atoms with Gasteiger partial charge in [-0.2, -0.15) is 0 Å². The van der Waals surface area contributed by atoms with Gasteiger partial charge in [-0.3, -0.25) is 0 Å². The zero-order valence-electron chi connectivity index (χ0n) is 30.0. The first-order valence-electron chi connectivity index (χ1n) is 19.1. The van der Waals surface area contributed by atoms with E-state index < -0.39 is 0 Å². The zero-order valence-corrected chi connectivity index (χ0v) is 30.0. The second-order valence-electron chi connectivity index (χ2n) is 14.8. The molecule has 0 aliphatic rings. The van der Waals surface area contributed by atoms with Gasteiger partial charge in [-0.05, 0) is 83.5 Å². The highest BCUT2D eigenvalue weighted by atomic mass is 15.0. The van der Waals surface area contributed by atoms with Gasteiger partial charge < -0.3 is 4.57 Å². The number of hydrogen-bond donors (Lipinski definition) is 0. The molecular weight excluding hydrogens is 663 g/mol. The Morgan fingerprint density at radius 2 is 0.836 bits per heavy atom. The van der Waals surface area contributed by atoms with Crippen molar-refractivity contribution in [2.24, 2.45) is 0 Å². The summed E-state index contributed by atoms with van der Waals surface area (Å²) in [6.07, 6.45) is 0. The van der Waals surface area contributed by atoms with E-state index in [0.717, 1.165) is 0 Å². The summed E-state index contributed by atoms with van der Waals surface area (Å²) in [5, 5.41) is 17.7. The van der Waals surface area contributed by atoms with Gasteiger partial charge in [0.05, 0.1) is 16.7 Å². The Morgan fingerprint density at radius 1 is 0.291 bits per heavy atom. The van der Waals surface area contributed by atoms with E-state index in [1.807, 2.05) is 0 Å². The molecule has 1 heteroatoms. The Labute approximate surface area is 317 Å². The van der Waals surface area contributed by atoms with Gasteiger partial charge in [0.25, 0.3) is 0 Å². The summed E-state index contributed by atoms with van der Waals surface area (Å²) in [5.74, 6) is 0. The fourth-order valence-electron chi connectivity index (χ4n) is 9.62. The van der Waals surface area contributed by atoms with Gasteiger partial charge in [-0.25, -0.2) is 0 Å². The van der Waals surface area contributed by atoms with Crippen LogP contribution in [-0.4, -0.2) is 4.57 Å². The van der Waals surface area contributed by atoms with Gasteiger partial charge in [0.1, 0.15) is 0 Å². The molecule has 0 aliphatic heterocycles. The summed E-state index contributed by atoms with van der Waals surface area (Å²) in [4.78, 5) is 0. The molecule has 0 unspecified atom stereocenters. The maximum Gasteiger partial charge on any atom is 0.0626 e. The normalized spacial score (nSPS) is 12.0. The first-order valence-corrected chi connectivity index (χ1v) is 19.1. The van der Waals surface area contributed by atoms with Gasteiger partial charge in [0.2, 0.25) is 0 Å². The molecule has 55 heavy (non-hydrogen) atoms. The maximum atomic E-state index is 2.60. The number of aromatic nitrogens is 1. The zero-order chi connectivity index (χ0) is 36.0. The number of nitrogens with zero attached hydrogens (tertiary/aromatic N) is 1. The van der Waals surface area contributed by atoms with E-state index >= 15 is 0 Å². The molecule has 0 N–H and O–H groups in total. The second kappa shape index (κ2) is 11.6. The first kappa shape index (κ1) is 30.3. The molecule has 11 aromatic carbocycles. The highest BCUT2D eigenvalue weighted by Gasteiger charge is 2.24. The van der Waals surface area contributed by atoms with Crippen LogP contribution in [0.2, 0.25) is 0 Å². The third kappa shape index (κ3) is 4.30. The molecule has 0 saturated carbocycles. The Bertz CT molecular complexity index is 3480. The van der Waals surface area contributed by atoms with Gasteiger partial charge >= 0.3 is 0 Å². The molecule has 0 amide bonds. The monoisotopic (exact) mass is 695 g/mol. The predicted molar refractivity (Wildman–Crippen MR) is 237 cm³/mol. The van der Waals surface area contributed by atoms with Crippen molar-refractivity contribution in [3.8, 4) is 27.9 Å². The summed E-state index contributed by atoms with van der Waals surface area (Å²) in [6, 6.07) is 74.0. The van der Waals surface area contributed by atoms with Crippen LogP contribution >= 0.6 is 0 Å². The lowest BCUT2D eigenvalue weighted by Gasteiger charge is -2.21.